The number of hydrogen-bond donors (Lipinski definition) is 0. The summed E-state index contributed by atoms with van der Waals surface area (Å²) >= 11 is 0. The van der Waals surface area contributed by atoms with Gasteiger partial charge in [0, 0.05) is 48.8 Å². The van der Waals surface area contributed by atoms with Gasteiger partial charge in [-0.3, -0.25) is 9.69 Å². The second kappa shape index (κ2) is 9.58. The summed E-state index contributed by atoms with van der Waals surface area (Å²) in [5, 5.41) is 9.43. The molecule has 1 heterocycles. The number of Topliss-reactive ketones (excluding diaryl/α,β-unsaturated/α-hetero) is 1. The van der Waals surface area contributed by atoms with Crippen LogP contribution in [-0.4, -0.2) is 49.0 Å². The van der Waals surface area contributed by atoms with E-state index in [4.69, 9.17) is 4.74 Å². The lowest BCUT2D eigenvalue weighted by Gasteiger charge is -2.44. The topological polar surface area (TPSA) is 56.6 Å². The number of carbonyl (C=O) groups is 1. The number of ketones is 1. The molecule has 0 radical (unpaired) electrons. The Labute approximate surface area is 227 Å². The van der Waals surface area contributed by atoms with E-state index >= 15 is 0 Å². The Hall–Kier alpha value is -3.10. The molecule has 1 aliphatic heterocycles. The van der Waals surface area contributed by atoms with Crippen LogP contribution in [0.3, 0.4) is 0 Å². The third-order valence-corrected chi connectivity index (χ3v) is 9.62. The largest absolute Gasteiger partial charge is 0.488 e. The maximum absolute atomic E-state index is 14.1. The Morgan fingerprint density at radius 3 is 2.42 bits per heavy atom. The molecular weight excluding hydrogens is 470 g/mol. The van der Waals surface area contributed by atoms with Gasteiger partial charge in [-0.05, 0) is 78.6 Å². The number of hydrogen-bond acceptors (Lipinski definition) is 5. The highest BCUT2D eigenvalue weighted by atomic mass is 16.5. The van der Waals surface area contributed by atoms with E-state index in [-0.39, 0.29) is 17.3 Å². The molecule has 6 rings (SSSR count). The normalized spacial score (nSPS) is 20.6. The number of piperazine rings is 1. The lowest BCUT2D eigenvalue weighted by molar-refractivity contribution is 0.104. The molecule has 0 amide bonds. The number of rotatable bonds is 6. The number of benzene rings is 2. The quantitative estimate of drug-likeness (QED) is 0.458. The van der Waals surface area contributed by atoms with E-state index in [2.05, 4.69) is 55.7 Å². The minimum Gasteiger partial charge on any atom is -0.488 e. The van der Waals surface area contributed by atoms with Crippen LogP contribution in [0.15, 0.2) is 35.9 Å². The predicted octanol–water partition coefficient (Wildman–Crippen LogP) is 6.28. The van der Waals surface area contributed by atoms with Crippen molar-refractivity contribution in [3.05, 3.63) is 63.7 Å². The molecule has 198 valence electrons. The molecule has 0 N–H and O–H groups in total. The number of anilines is 1. The molecule has 1 saturated carbocycles. The van der Waals surface area contributed by atoms with Crippen LogP contribution in [0.1, 0.15) is 92.4 Å². The Morgan fingerprint density at radius 1 is 1.05 bits per heavy atom. The Kier molecular flexibility index (Phi) is 6.35. The molecule has 2 aromatic rings. The molecule has 3 aliphatic carbocycles. The van der Waals surface area contributed by atoms with E-state index < -0.39 is 0 Å². The molecule has 1 saturated heterocycles. The SMILES string of the molecule is CCC(CC)Oc1cc2c(cc1N1CCN(C3CCC3)CC1)C(C)(C)C1=C(C2=O)c2ccc(C#N)cc2C1. The highest BCUT2D eigenvalue weighted by molar-refractivity contribution is 6.33. The van der Waals surface area contributed by atoms with Gasteiger partial charge in [-0.1, -0.05) is 40.2 Å². The van der Waals surface area contributed by atoms with Crippen LogP contribution < -0.4 is 9.64 Å². The molecule has 5 nitrogen and oxygen atoms in total. The zero-order valence-corrected chi connectivity index (χ0v) is 23.3. The van der Waals surface area contributed by atoms with Gasteiger partial charge in [-0.15, -0.1) is 0 Å². The van der Waals surface area contributed by atoms with Crippen LogP contribution in [0.2, 0.25) is 0 Å². The van der Waals surface area contributed by atoms with Crippen LogP contribution >= 0.6 is 0 Å². The van der Waals surface area contributed by atoms with Crippen molar-refractivity contribution >= 4 is 17.0 Å². The second-order valence-electron chi connectivity index (χ2n) is 12.0. The Bertz CT molecular complexity index is 1350. The van der Waals surface area contributed by atoms with Gasteiger partial charge in [-0.2, -0.15) is 5.26 Å². The van der Waals surface area contributed by atoms with E-state index in [0.717, 1.165) is 90.7 Å². The molecule has 0 atom stereocenters. The number of carbonyl (C=O) groups excluding carboxylic acids is 1. The standard InChI is InChI=1S/C33H39N3O2/c1-5-24(6-2)38-30-18-26-27(19-29(30)36-14-12-35(13-15-36)23-8-7-9-23)33(3,4)28-17-22-16-21(20-34)10-11-25(22)31(28)32(26)37/h10-11,16,18-19,23-24H,5-9,12-15,17H2,1-4H3. The second-order valence-corrected chi connectivity index (χ2v) is 12.0. The van der Waals surface area contributed by atoms with Crippen LogP contribution in [0.4, 0.5) is 5.69 Å². The Morgan fingerprint density at radius 2 is 1.79 bits per heavy atom. The highest BCUT2D eigenvalue weighted by Gasteiger charge is 2.44. The van der Waals surface area contributed by atoms with Crippen molar-refractivity contribution in [2.45, 2.75) is 83.8 Å². The smallest absolute Gasteiger partial charge is 0.194 e. The number of fused-ring (bicyclic) bond motifs is 3. The fraction of sp³-hybridized carbons (Fsp3) is 0.515. The van der Waals surface area contributed by atoms with Crippen LogP contribution in [0.25, 0.3) is 5.57 Å². The van der Waals surface area contributed by atoms with E-state index in [9.17, 15) is 10.1 Å². The van der Waals surface area contributed by atoms with Gasteiger partial charge < -0.3 is 9.64 Å². The van der Waals surface area contributed by atoms with Gasteiger partial charge in [0.25, 0.3) is 0 Å². The van der Waals surface area contributed by atoms with Crippen molar-refractivity contribution in [1.29, 1.82) is 5.26 Å². The monoisotopic (exact) mass is 509 g/mol. The average molecular weight is 510 g/mol. The van der Waals surface area contributed by atoms with Gasteiger partial charge in [0.1, 0.15) is 5.75 Å². The summed E-state index contributed by atoms with van der Waals surface area (Å²) in [5.74, 6) is 0.939. The van der Waals surface area contributed by atoms with E-state index in [1.54, 1.807) is 0 Å². The van der Waals surface area contributed by atoms with Gasteiger partial charge in [0.05, 0.1) is 23.4 Å². The van der Waals surface area contributed by atoms with Crippen molar-refractivity contribution in [2.24, 2.45) is 0 Å². The van der Waals surface area contributed by atoms with Crippen molar-refractivity contribution in [3.8, 4) is 11.8 Å². The molecule has 0 spiro atoms. The first-order chi connectivity index (χ1) is 18.3. The number of nitrogens with zero attached hydrogens (tertiary/aromatic N) is 3. The van der Waals surface area contributed by atoms with Crippen LogP contribution in [0.5, 0.6) is 5.75 Å². The van der Waals surface area contributed by atoms with Crippen molar-refractivity contribution in [1.82, 2.24) is 4.90 Å². The summed E-state index contributed by atoms with van der Waals surface area (Å²) in [7, 11) is 0. The fourth-order valence-electron chi connectivity index (χ4n) is 6.91. The van der Waals surface area contributed by atoms with E-state index in [0.29, 0.717) is 5.56 Å². The molecular formula is C33H39N3O2. The van der Waals surface area contributed by atoms with Gasteiger partial charge in [0.2, 0.25) is 0 Å². The first-order valence-electron chi connectivity index (χ1n) is 14.5. The number of nitriles is 1. The lowest BCUT2D eigenvalue weighted by atomic mass is 9.68. The zero-order chi connectivity index (χ0) is 26.6. The Balaban J connectivity index is 1.41. The molecule has 4 aliphatic rings. The molecule has 5 heteroatoms. The third kappa shape index (κ3) is 3.96. The summed E-state index contributed by atoms with van der Waals surface area (Å²) in [4.78, 5) is 19.3. The molecule has 2 fully saturated rings. The fourth-order valence-corrected chi connectivity index (χ4v) is 6.91. The van der Waals surface area contributed by atoms with Crippen molar-refractivity contribution in [2.75, 3.05) is 31.1 Å². The molecule has 2 aromatic carbocycles. The average Bonchev–Trinajstić information content (AvgIpc) is 3.30. The maximum Gasteiger partial charge on any atom is 0.194 e. The summed E-state index contributed by atoms with van der Waals surface area (Å²) in [6, 6.07) is 13.1. The summed E-state index contributed by atoms with van der Waals surface area (Å²) < 4.78 is 6.64. The minimum atomic E-state index is -0.291. The summed E-state index contributed by atoms with van der Waals surface area (Å²) in [6.45, 7) is 13.0. The van der Waals surface area contributed by atoms with Gasteiger partial charge in [0.15, 0.2) is 5.78 Å². The van der Waals surface area contributed by atoms with Crippen LogP contribution in [-0.2, 0) is 11.8 Å². The lowest BCUT2D eigenvalue weighted by Crippen LogP contribution is -2.52. The maximum atomic E-state index is 14.1. The number of ether oxygens (including phenoxy) is 1. The first-order valence-corrected chi connectivity index (χ1v) is 14.5. The molecule has 38 heavy (non-hydrogen) atoms. The van der Waals surface area contributed by atoms with E-state index in [1.807, 2.05) is 18.2 Å². The van der Waals surface area contributed by atoms with Crippen molar-refractivity contribution < 1.29 is 9.53 Å². The first kappa shape index (κ1) is 25.2. The van der Waals surface area contributed by atoms with Crippen molar-refractivity contribution in [3.63, 3.8) is 0 Å². The van der Waals surface area contributed by atoms with Gasteiger partial charge >= 0.3 is 0 Å². The number of allylic oxidation sites excluding steroid dienone is 2. The zero-order valence-electron chi connectivity index (χ0n) is 23.3. The third-order valence-electron chi connectivity index (χ3n) is 9.62. The summed E-state index contributed by atoms with van der Waals surface area (Å²) in [5.41, 5.74) is 7.44. The summed E-state index contributed by atoms with van der Waals surface area (Å²) in [6.07, 6.45) is 6.77. The molecule has 0 unspecified atom stereocenters. The molecule has 0 aromatic heterocycles. The van der Waals surface area contributed by atoms with Crippen LogP contribution in [0, 0.1) is 11.3 Å². The highest BCUT2D eigenvalue weighted by Crippen LogP contribution is 2.52. The minimum absolute atomic E-state index is 0.0912. The van der Waals surface area contributed by atoms with Gasteiger partial charge in [-0.25, -0.2) is 0 Å². The van der Waals surface area contributed by atoms with E-state index in [1.165, 1.54) is 24.8 Å². The molecule has 0 bridgehead atoms. The predicted molar refractivity (Wildman–Crippen MR) is 152 cm³/mol.